The summed E-state index contributed by atoms with van der Waals surface area (Å²) in [7, 11) is 0. The van der Waals surface area contributed by atoms with Crippen LogP contribution in [-0.2, 0) is 22.4 Å². The Morgan fingerprint density at radius 2 is 1.32 bits per heavy atom. The number of carbonyl (C=O) groups is 1. The Bertz CT molecular complexity index is 742. The summed E-state index contributed by atoms with van der Waals surface area (Å²) >= 11 is 0. The quantitative estimate of drug-likeness (QED) is 0.591. The number of hydrogen-bond donors (Lipinski definition) is 0. The van der Waals surface area contributed by atoms with E-state index in [1.165, 1.54) is 11.1 Å². The molecular formula is C26H32O2. The summed E-state index contributed by atoms with van der Waals surface area (Å²) < 4.78 is 5.65. The molecule has 0 aromatic heterocycles. The van der Waals surface area contributed by atoms with E-state index in [4.69, 9.17) is 4.74 Å². The van der Waals surface area contributed by atoms with Gasteiger partial charge in [0.1, 0.15) is 0 Å². The Morgan fingerprint density at radius 1 is 0.857 bits per heavy atom. The Morgan fingerprint density at radius 3 is 1.75 bits per heavy atom. The summed E-state index contributed by atoms with van der Waals surface area (Å²) in [6.07, 6.45) is 6.35. The molecule has 2 aromatic rings. The van der Waals surface area contributed by atoms with E-state index >= 15 is 0 Å². The maximum atomic E-state index is 13.2. The van der Waals surface area contributed by atoms with Gasteiger partial charge < -0.3 is 4.74 Å². The third-order valence-electron chi connectivity index (χ3n) is 7.31. The van der Waals surface area contributed by atoms with Crippen molar-refractivity contribution in [2.24, 2.45) is 22.7 Å². The minimum atomic E-state index is -0.304. The maximum absolute atomic E-state index is 13.2. The van der Waals surface area contributed by atoms with Gasteiger partial charge >= 0.3 is 5.97 Å². The molecule has 148 valence electrons. The lowest BCUT2D eigenvalue weighted by molar-refractivity contribution is -0.160. The molecule has 2 heteroatoms. The van der Waals surface area contributed by atoms with Crippen LogP contribution in [-0.4, -0.2) is 12.6 Å². The molecule has 28 heavy (non-hydrogen) atoms. The lowest BCUT2D eigenvalue weighted by Gasteiger charge is -2.35. The van der Waals surface area contributed by atoms with E-state index in [1.807, 2.05) is 6.92 Å². The van der Waals surface area contributed by atoms with Crippen LogP contribution in [0.4, 0.5) is 0 Å². The third kappa shape index (κ3) is 3.50. The van der Waals surface area contributed by atoms with Crippen LogP contribution < -0.4 is 0 Å². The van der Waals surface area contributed by atoms with Crippen LogP contribution in [0.3, 0.4) is 0 Å². The molecule has 2 nitrogen and oxygen atoms in total. The van der Waals surface area contributed by atoms with Crippen molar-refractivity contribution in [2.45, 2.75) is 52.4 Å². The van der Waals surface area contributed by atoms with Gasteiger partial charge in [-0.05, 0) is 73.8 Å². The molecule has 4 rings (SSSR count). The second-order valence-corrected chi connectivity index (χ2v) is 9.29. The molecule has 2 aliphatic carbocycles. The smallest absolute Gasteiger partial charge is 0.312 e. The molecule has 0 aliphatic heterocycles. The summed E-state index contributed by atoms with van der Waals surface area (Å²) in [6, 6.07) is 21.5. The fraction of sp³-hybridized carbons (Fsp3) is 0.500. The first-order valence-corrected chi connectivity index (χ1v) is 10.8. The number of carbonyl (C=O) groups excluding carboxylic acids is 1. The topological polar surface area (TPSA) is 26.3 Å². The second kappa shape index (κ2) is 7.73. The van der Waals surface area contributed by atoms with E-state index in [-0.39, 0.29) is 16.8 Å². The predicted octanol–water partition coefficient (Wildman–Crippen LogP) is 5.85. The van der Waals surface area contributed by atoms with Crippen molar-refractivity contribution in [1.82, 2.24) is 0 Å². The lowest BCUT2D eigenvalue weighted by Crippen LogP contribution is -2.39. The van der Waals surface area contributed by atoms with E-state index in [2.05, 4.69) is 67.6 Å². The lowest BCUT2D eigenvalue weighted by atomic mass is 9.69. The SMILES string of the molecule is CCOC(=O)C12C[C@H](Cc3ccccc3)CC1(C)C[C@H](Cc1ccccc1)C2. The maximum Gasteiger partial charge on any atom is 0.312 e. The van der Waals surface area contributed by atoms with Crippen molar-refractivity contribution in [3.05, 3.63) is 71.8 Å². The minimum absolute atomic E-state index is 0.0537. The van der Waals surface area contributed by atoms with Crippen LogP contribution in [0.15, 0.2) is 60.7 Å². The first-order valence-electron chi connectivity index (χ1n) is 10.8. The van der Waals surface area contributed by atoms with Crippen molar-refractivity contribution in [1.29, 1.82) is 0 Å². The molecule has 2 fully saturated rings. The van der Waals surface area contributed by atoms with E-state index in [0.717, 1.165) is 38.5 Å². The zero-order valence-electron chi connectivity index (χ0n) is 17.2. The fourth-order valence-corrected chi connectivity index (χ4v) is 6.32. The predicted molar refractivity (Wildman–Crippen MR) is 113 cm³/mol. The second-order valence-electron chi connectivity index (χ2n) is 9.29. The molecule has 0 N–H and O–H groups in total. The van der Waals surface area contributed by atoms with Gasteiger partial charge in [-0.3, -0.25) is 4.79 Å². The molecule has 0 radical (unpaired) electrons. The molecule has 0 saturated heterocycles. The highest BCUT2D eigenvalue weighted by atomic mass is 16.5. The fourth-order valence-electron chi connectivity index (χ4n) is 6.32. The monoisotopic (exact) mass is 376 g/mol. The summed E-state index contributed by atoms with van der Waals surface area (Å²) in [4.78, 5) is 13.2. The van der Waals surface area contributed by atoms with Crippen molar-refractivity contribution >= 4 is 5.97 Å². The van der Waals surface area contributed by atoms with Crippen LogP contribution in [0.5, 0.6) is 0 Å². The molecular weight excluding hydrogens is 344 g/mol. The molecule has 2 aromatic carbocycles. The molecule has 0 spiro atoms. The first-order chi connectivity index (χ1) is 13.5. The highest BCUT2D eigenvalue weighted by molar-refractivity contribution is 5.79. The summed E-state index contributed by atoms with van der Waals surface area (Å²) in [5, 5.41) is 0. The standard InChI is InChI=1S/C26H32O2/c1-3-28-24(27)26-18-22(14-20-10-6-4-7-11-20)16-25(26,2)17-23(19-26)15-21-12-8-5-9-13-21/h4-13,22-23H,3,14-19H2,1-2H3/t22-,23+,25?,26?. The van der Waals surface area contributed by atoms with Crippen molar-refractivity contribution < 1.29 is 9.53 Å². The van der Waals surface area contributed by atoms with Gasteiger partial charge in [-0.2, -0.15) is 0 Å². The first kappa shape index (κ1) is 19.2. The van der Waals surface area contributed by atoms with Gasteiger partial charge in [0, 0.05) is 0 Å². The van der Waals surface area contributed by atoms with Gasteiger partial charge in [0.25, 0.3) is 0 Å². The van der Waals surface area contributed by atoms with Gasteiger partial charge in [0.2, 0.25) is 0 Å². The van der Waals surface area contributed by atoms with Crippen LogP contribution in [0.1, 0.15) is 50.7 Å². The van der Waals surface area contributed by atoms with E-state index in [1.54, 1.807) is 0 Å². The molecule has 0 heterocycles. The number of hydrogen-bond acceptors (Lipinski definition) is 2. The molecule has 0 amide bonds. The molecule has 2 unspecified atom stereocenters. The van der Waals surface area contributed by atoms with E-state index < -0.39 is 0 Å². The number of fused-ring (bicyclic) bond motifs is 1. The summed E-state index contributed by atoms with van der Waals surface area (Å²) in [6.45, 7) is 4.77. The number of ether oxygens (including phenoxy) is 1. The van der Waals surface area contributed by atoms with E-state index in [0.29, 0.717) is 18.4 Å². The van der Waals surface area contributed by atoms with Crippen LogP contribution in [0, 0.1) is 22.7 Å². The van der Waals surface area contributed by atoms with Gasteiger partial charge in [0.05, 0.1) is 12.0 Å². The molecule has 2 aliphatic rings. The normalized spacial score (nSPS) is 31.5. The van der Waals surface area contributed by atoms with Gasteiger partial charge in [-0.1, -0.05) is 67.6 Å². The number of rotatable bonds is 6. The van der Waals surface area contributed by atoms with Crippen molar-refractivity contribution in [2.75, 3.05) is 6.61 Å². The van der Waals surface area contributed by atoms with Crippen LogP contribution in [0.2, 0.25) is 0 Å². The third-order valence-corrected chi connectivity index (χ3v) is 7.31. The van der Waals surface area contributed by atoms with Crippen LogP contribution >= 0.6 is 0 Å². The Hall–Kier alpha value is -2.09. The number of benzene rings is 2. The summed E-state index contributed by atoms with van der Waals surface area (Å²) in [5.41, 5.74) is 2.52. The van der Waals surface area contributed by atoms with Crippen molar-refractivity contribution in [3.8, 4) is 0 Å². The highest BCUT2D eigenvalue weighted by Gasteiger charge is 2.64. The zero-order valence-corrected chi connectivity index (χ0v) is 17.2. The zero-order chi connectivity index (χ0) is 19.6. The summed E-state index contributed by atoms with van der Waals surface area (Å²) in [5.74, 6) is 1.19. The van der Waals surface area contributed by atoms with Crippen LogP contribution in [0.25, 0.3) is 0 Å². The van der Waals surface area contributed by atoms with E-state index in [9.17, 15) is 4.79 Å². The Balaban J connectivity index is 1.55. The minimum Gasteiger partial charge on any atom is -0.466 e. The largest absolute Gasteiger partial charge is 0.466 e. The Labute approximate surface area is 169 Å². The average molecular weight is 377 g/mol. The van der Waals surface area contributed by atoms with Gasteiger partial charge in [-0.15, -0.1) is 0 Å². The molecule has 4 atom stereocenters. The van der Waals surface area contributed by atoms with Gasteiger partial charge in [0.15, 0.2) is 0 Å². The Kier molecular flexibility index (Phi) is 5.31. The number of esters is 1. The molecule has 2 saturated carbocycles. The average Bonchev–Trinajstić information content (AvgIpc) is 3.10. The molecule has 0 bridgehead atoms. The highest BCUT2D eigenvalue weighted by Crippen LogP contribution is 2.67. The van der Waals surface area contributed by atoms with Gasteiger partial charge in [-0.25, -0.2) is 0 Å². The van der Waals surface area contributed by atoms with Crippen molar-refractivity contribution in [3.63, 3.8) is 0 Å².